The SMILES string of the molecule is C=CCNc1cc(Cl)nc(COCC)n1. The minimum atomic E-state index is 0.375. The fourth-order valence-electron chi connectivity index (χ4n) is 0.990. The molecule has 0 saturated heterocycles. The van der Waals surface area contributed by atoms with E-state index in [1.54, 1.807) is 12.1 Å². The van der Waals surface area contributed by atoms with Crippen LogP contribution in [0.5, 0.6) is 0 Å². The number of halogens is 1. The van der Waals surface area contributed by atoms with Gasteiger partial charge in [-0.15, -0.1) is 6.58 Å². The molecule has 0 amide bonds. The highest BCUT2D eigenvalue weighted by Gasteiger charge is 2.02. The van der Waals surface area contributed by atoms with Crippen LogP contribution in [0.4, 0.5) is 5.82 Å². The van der Waals surface area contributed by atoms with Crippen LogP contribution in [0.25, 0.3) is 0 Å². The second-order valence-electron chi connectivity index (χ2n) is 2.80. The van der Waals surface area contributed by atoms with Gasteiger partial charge in [-0.3, -0.25) is 0 Å². The van der Waals surface area contributed by atoms with Crippen LogP contribution in [-0.4, -0.2) is 23.1 Å². The monoisotopic (exact) mass is 227 g/mol. The van der Waals surface area contributed by atoms with Crippen molar-refractivity contribution in [3.05, 3.63) is 29.7 Å². The number of anilines is 1. The molecular weight excluding hydrogens is 214 g/mol. The summed E-state index contributed by atoms with van der Waals surface area (Å²) < 4.78 is 5.20. The van der Waals surface area contributed by atoms with Gasteiger partial charge in [0.2, 0.25) is 0 Å². The van der Waals surface area contributed by atoms with Gasteiger partial charge in [0.25, 0.3) is 0 Å². The Morgan fingerprint density at radius 1 is 1.60 bits per heavy atom. The first-order chi connectivity index (χ1) is 7.26. The molecular formula is C10H14ClN3O. The molecule has 0 aromatic carbocycles. The summed E-state index contributed by atoms with van der Waals surface area (Å²) in [5, 5.41) is 3.45. The maximum atomic E-state index is 5.84. The number of nitrogens with zero attached hydrogens (tertiary/aromatic N) is 2. The average Bonchev–Trinajstić information content (AvgIpc) is 2.23. The van der Waals surface area contributed by atoms with Gasteiger partial charge in [-0.2, -0.15) is 0 Å². The summed E-state index contributed by atoms with van der Waals surface area (Å²) in [7, 11) is 0. The topological polar surface area (TPSA) is 47.0 Å². The van der Waals surface area contributed by atoms with Crippen molar-refractivity contribution in [1.82, 2.24) is 9.97 Å². The summed E-state index contributed by atoms with van der Waals surface area (Å²) >= 11 is 5.84. The van der Waals surface area contributed by atoms with Gasteiger partial charge < -0.3 is 10.1 Å². The quantitative estimate of drug-likeness (QED) is 0.598. The van der Waals surface area contributed by atoms with Crippen molar-refractivity contribution in [2.45, 2.75) is 13.5 Å². The maximum absolute atomic E-state index is 5.84. The van der Waals surface area contributed by atoms with E-state index in [2.05, 4.69) is 21.9 Å². The van der Waals surface area contributed by atoms with E-state index >= 15 is 0 Å². The molecule has 0 radical (unpaired) electrons. The van der Waals surface area contributed by atoms with E-state index in [0.29, 0.717) is 36.6 Å². The highest BCUT2D eigenvalue weighted by molar-refractivity contribution is 6.29. The van der Waals surface area contributed by atoms with Crippen LogP contribution in [-0.2, 0) is 11.3 Å². The molecule has 0 bridgehead atoms. The summed E-state index contributed by atoms with van der Waals surface area (Å²) in [6.45, 7) is 7.17. The van der Waals surface area contributed by atoms with Crippen LogP contribution < -0.4 is 5.32 Å². The first kappa shape index (κ1) is 11.9. The molecule has 1 aromatic heterocycles. The predicted octanol–water partition coefficient (Wildman–Crippen LogP) is 2.26. The van der Waals surface area contributed by atoms with E-state index in [-0.39, 0.29) is 0 Å². The smallest absolute Gasteiger partial charge is 0.158 e. The lowest BCUT2D eigenvalue weighted by Gasteiger charge is -2.05. The van der Waals surface area contributed by atoms with Crippen molar-refractivity contribution in [3.8, 4) is 0 Å². The highest BCUT2D eigenvalue weighted by Crippen LogP contribution is 2.11. The van der Waals surface area contributed by atoms with E-state index in [1.165, 1.54) is 0 Å². The predicted molar refractivity (Wildman–Crippen MR) is 61.1 cm³/mol. The average molecular weight is 228 g/mol. The molecule has 0 atom stereocenters. The molecule has 1 N–H and O–H groups in total. The summed E-state index contributed by atoms with van der Waals surface area (Å²) in [5.74, 6) is 1.26. The normalized spacial score (nSPS) is 10.0. The second kappa shape index (κ2) is 6.37. The molecule has 1 rings (SSSR count). The second-order valence-corrected chi connectivity index (χ2v) is 3.19. The fourth-order valence-corrected chi connectivity index (χ4v) is 1.19. The highest BCUT2D eigenvalue weighted by atomic mass is 35.5. The zero-order valence-corrected chi connectivity index (χ0v) is 9.42. The van der Waals surface area contributed by atoms with Crippen molar-refractivity contribution < 1.29 is 4.74 Å². The molecule has 0 spiro atoms. The summed E-state index contributed by atoms with van der Waals surface area (Å²) in [5.41, 5.74) is 0. The van der Waals surface area contributed by atoms with Gasteiger partial charge in [0.1, 0.15) is 17.6 Å². The third kappa shape index (κ3) is 4.27. The van der Waals surface area contributed by atoms with E-state index in [4.69, 9.17) is 16.3 Å². The Balaban J connectivity index is 2.70. The molecule has 5 heteroatoms. The molecule has 1 aromatic rings. The van der Waals surface area contributed by atoms with Gasteiger partial charge in [0.15, 0.2) is 5.82 Å². The Morgan fingerprint density at radius 3 is 3.07 bits per heavy atom. The van der Waals surface area contributed by atoms with Crippen LogP contribution in [0, 0.1) is 0 Å². The number of ether oxygens (including phenoxy) is 1. The van der Waals surface area contributed by atoms with E-state index < -0.39 is 0 Å². The molecule has 0 aliphatic carbocycles. The van der Waals surface area contributed by atoms with Crippen LogP contribution in [0.1, 0.15) is 12.7 Å². The van der Waals surface area contributed by atoms with Gasteiger partial charge in [-0.05, 0) is 6.92 Å². The minimum absolute atomic E-state index is 0.375. The van der Waals surface area contributed by atoms with Gasteiger partial charge in [-0.25, -0.2) is 9.97 Å². The number of hydrogen-bond donors (Lipinski definition) is 1. The third-order valence-electron chi connectivity index (χ3n) is 1.60. The molecule has 82 valence electrons. The molecule has 0 unspecified atom stereocenters. The Morgan fingerprint density at radius 2 is 2.40 bits per heavy atom. The maximum Gasteiger partial charge on any atom is 0.158 e. The fraction of sp³-hybridized carbons (Fsp3) is 0.400. The van der Waals surface area contributed by atoms with E-state index in [0.717, 1.165) is 0 Å². The van der Waals surface area contributed by atoms with Gasteiger partial charge in [0, 0.05) is 19.2 Å². The van der Waals surface area contributed by atoms with Crippen LogP contribution in [0.2, 0.25) is 5.15 Å². The number of aromatic nitrogens is 2. The first-order valence-electron chi connectivity index (χ1n) is 4.72. The Hall–Kier alpha value is -1.13. The lowest BCUT2D eigenvalue weighted by atomic mass is 10.5. The largest absolute Gasteiger partial charge is 0.374 e. The molecule has 15 heavy (non-hydrogen) atoms. The molecule has 4 nitrogen and oxygen atoms in total. The van der Waals surface area contributed by atoms with Crippen LogP contribution in [0.15, 0.2) is 18.7 Å². The zero-order chi connectivity index (χ0) is 11.1. The zero-order valence-electron chi connectivity index (χ0n) is 8.66. The van der Waals surface area contributed by atoms with E-state index in [9.17, 15) is 0 Å². The lowest BCUT2D eigenvalue weighted by molar-refractivity contribution is 0.128. The Labute approximate surface area is 94.3 Å². The summed E-state index contributed by atoms with van der Waals surface area (Å²) in [6.07, 6.45) is 1.75. The van der Waals surface area contributed by atoms with Gasteiger partial charge >= 0.3 is 0 Å². The Bertz CT molecular complexity index is 330. The number of hydrogen-bond acceptors (Lipinski definition) is 4. The minimum Gasteiger partial charge on any atom is -0.374 e. The van der Waals surface area contributed by atoms with Crippen molar-refractivity contribution in [1.29, 1.82) is 0 Å². The summed E-state index contributed by atoms with van der Waals surface area (Å²) in [4.78, 5) is 8.27. The van der Waals surface area contributed by atoms with Crippen LogP contribution >= 0.6 is 11.6 Å². The molecule has 0 aliphatic rings. The van der Waals surface area contributed by atoms with Gasteiger partial charge in [-0.1, -0.05) is 17.7 Å². The Kier molecular flexibility index (Phi) is 5.07. The first-order valence-corrected chi connectivity index (χ1v) is 5.10. The molecule has 0 fully saturated rings. The van der Waals surface area contributed by atoms with Crippen molar-refractivity contribution in [2.75, 3.05) is 18.5 Å². The van der Waals surface area contributed by atoms with Crippen molar-refractivity contribution in [3.63, 3.8) is 0 Å². The number of nitrogens with one attached hydrogen (secondary N) is 1. The van der Waals surface area contributed by atoms with Crippen molar-refractivity contribution in [2.24, 2.45) is 0 Å². The molecule has 1 heterocycles. The lowest BCUT2D eigenvalue weighted by Crippen LogP contribution is -2.05. The van der Waals surface area contributed by atoms with E-state index in [1.807, 2.05) is 6.92 Å². The van der Waals surface area contributed by atoms with Crippen molar-refractivity contribution >= 4 is 17.4 Å². The van der Waals surface area contributed by atoms with Gasteiger partial charge in [0.05, 0.1) is 0 Å². The third-order valence-corrected chi connectivity index (χ3v) is 1.80. The van der Waals surface area contributed by atoms with Crippen LogP contribution in [0.3, 0.4) is 0 Å². The molecule has 0 aliphatic heterocycles. The summed E-state index contributed by atoms with van der Waals surface area (Å²) in [6, 6.07) is 1.67. The molecule has 0 saturated carbocycles. The standard InChI is InChI=1S/C10H14ClN3O/c1-3-5-12-9-6-8(11)13-10(14-9)7-15-4-2/h3,6H,1,4-5,7H2,2H3,(H,12,13,14). The number of rotatable bonds is 6.